The summed E-state index contributed by atoms with van der Waals surface area (Å²) in [5, 5.41) is 0.0523. The third kappa shape index (κ3) is 5.05. The minimum absolute atomic E-state index is 0.0298. The third-order valence-electron chi connectivity index (χ3n) is 1.44. The first-order chi connectivity index (χ1) is 5.22. The fourth-order valence-electron chi connectivity index (χ4n) is 0.696. The van der Waals surface area contributed by atoms with E-state index in [1.165, 1.54) is 0 Å². The molecule has 0 aliphatic heterocycles. The fourth-order valence-corrected chi connectivity index (χ4v) is 0.780. The van der Waals surface area contributed by atoms with E-state index in [2.05, 4.69) is 0 Å². The Morgan fingerprint density at radius 1 is 1.45 bits per heavy atom. The van der Waals surface area contributed by atoms with Crippen molar-refractivity contribution in [2.24, 2.45) is 5.73 Å². The molecular formula is C9H16ClN. The van der Waals surface area contributed by atoms with Crippen LogP contribution in [-0.2, 0) is 0 Å². The number of halogens is 1. The Balaban J connectivity index is 3.75. The monoisotopic (exact) mass is 173 g/mol. The molecule has 0 fully saturated rings. The number of rotatable bonds is 4. The number of alkyl halides is 1. The van der Waals surface area contributed by atoms with Crippen molar-refractivity contribution in [3.63, 3.8) is 0 Å². The Hall–Kier alpha value is -0.270. The van der Waals surface area contributed by atoms with Crippen LogP contribution in [0.3, 0.4) is 0 Å². The van der Waals surface area contributed by atoms with Gasteiger partial charge in [-0.15, -0.1) is 11.6 Å². The van der Waals surface area contributed by atoms with Crippen LogP contribution in [0.15, 0.2) is 24.3 Å². The van der Waals surface area contributed by atoms with Crippen molar-refractivity contribution in [1.82, 2.24) is 0 Å². The molecule has 0 amide bonds. The van der Waals surface area contributed by atoms with Crippen LogP contribution in [0, 0.1) is 0 Å². The molecule has 0 aliphatic rings. The Kier molecular flexibility index (Phi) is 6.28. The smallest absolute Gasteiger partial charge is 0.0520 e. The number of hydrogen-bond donors (Lipinski definition) is 1. The van der Waals surface area contributed by atoms with Crippen molar-refractivity contribution in [3.05, 3.63) is 24.3 Å². The molecule has 2 unspecified atom stereocenters. The zero-order chi connectivity index (χ0) is 8.69. The Morgan fingerprint density at radius 2 is 2.09 bits per heavy atom. The first kappa shape index (κ1) is 10.7. The minimum Gasteiger partial charge on any atom is -0.323 e. The maximum absolute atomic E-state index is 5.89. The third-order valence-corrected chi connectivity index (χ3v) is 2.04. The highest BCUT2D eigenvalue weighted by Gasteiger charge is 2.07. The van der Waals surface area contributed by atoms with Gasteiger partial charge < -0.3 is 5.73 Å². The molecule has 0 heterocycles. The fraction of sp³-hybridized carbons (Fsp3) is 0.556. The van der Waals surface area contributed by atoms with Gasteiger partial charge in [0.25, 0.3) is 0 Å². The average Bonchev–Trinajstić information content (AvgIpc) is 2.03. The van der Waals surface area contributed by atoms with Crippen LogP contribution >= 0.6 is 11.6 Å². The van der Waals surface area contributed by atoms with Crippen LogP contribution < -0.4 is 5.73 Å². The van der Waals surface area contributed by atoms with E-state index in [9.17, 15) is 0 Å². The van der Waals surface area contributed by atoms with Gasteiger partial charge in [0.1, 0.15) is 0 Å². The van der Waals surface area contributed by atoms with E-state index in [0.717, 1.165) is 6.42 Å². The first-order valence-electron chi connectivity index (χ1n) is 3.91. The van der Waals surface area contributed by atoms with E-state index < -0.39 is 0 Å². The molecule has 11 heavy (non-hydrogen) atoms. The maximum Gasteiger partial charge on any atom is 0.0520 e. The summed E-state index contributed by atoms with van der Waals surface area (Å²) in [5.74, 6) is 0. The molecule has 0 spiro atoms. The van der Waals surface area contributed by atoms with Crippen LogP contribution in [-0.4, -0.2) is 11.4 Å². The maximum atomic E-state index is 5.89. The Bertz CT molecular complexity index is 140. The van der Waals surface area contributed by atoms with Crippen molar-refractivity contribution >= 4 is 11.6 Å². The normalized spacial score (nSPS) is 17.8. The number of hydrogen-bond acceptors (Lipinski definition) is 1. The summed E-state index contributed by atoms with van der Waals surface area (Å²) in [6.07, 6.45) is 8.65. The summed E-state index contributed by atoms with van der Waals surface area (Å²) in [5.41, 5.74) is 5.72. The van der Waals surface area contributed by atoms with E-state index >= 15 is 0 Å². The van der Waals surface area contributed by atoms with E-state index in [-0.39, 0.29) is 11.4 Å². The van der Waals surface area contributed by atoms with Gasteiger partial charge in [0.05, 0.1) is 5.38 Å². The lowest BCUT2D eigenvalue weighted by molar-refractivity contribution is 0.713. The molecular weight excluding hydrogens is 158 g/mol. The molecule has 0 rings (SSSR count). The van der Waals surface area contributed by atoms with Crippen molar-refractivity contribution < 1.29 is 0 Å². The van der Waals surface area contributed by atoms with Gasteiger partial charge in [-0.05, 0) is 13.3 Å². The molecule has 0 aliphatic carbocycles. The van der Waals surface area contributed by atoms with Crippen LogP contribution in [0.4, 0.5) is 0 Å². The second-order valence-corrected chi connectivity index (χ2v) is 2.97. The zero-order valence-corrected chi connectivity index (χ0v) is 7.88. The van der Waals surface area contributed by atoms with Crippen molar-refractivity contribution in [1.29, 1.82) is 0 Å². The average molecular weight is 174 g/mol. The lowest BCUT2D eigenvalue weighted by Gasteiger charge is -2.10. The van der Waals surface area contributed by atoms with Crippen LogP contribution in [0.25, 0.3) is 0 Å². The van der Waals surface area contributed by atoms with Gasteiger partial charge in [0.2, 0.25) is 0 Å². The molecule has 0 saturated carbocycles. The summed E-state index contributed by atoms with van der Waals surface area (Å²) in [6, 6.07) is -0.0298. The van der Waals surface area contributed by atoms with Crippen LogP contribution in [0.5, 0.6) is 0 Å². The molecule has 0 saturated heterocycles. The van der Waals surface area contributed by atoms with Gasteiger partial charge in [-0.3, -0.25) is 0 Å². The molecule has 0 aromatic carbocycles. The van der Waals surface area contributed by atoms with Gasteiger partial charge in [0, 0.05) is 6.04 Å². The van der Waals surface area contributed by atoms with E-state index in [1.54, 1.807) is 0 Å². The van der Waals surface area contributed by atoms with Gasteiger partial charge in [-0.25, -0.2) is 0 Å². The van der Waals surface area contributed by atoms with Gasteiger partial charge in [-0.1, -0.05) is 31.2 Å². The highest BCUT2D eigenvalue weighted by Crippen LogP contribution is 2.05. The second kappa shape index (κ2) is 6.44. The lowest BCUT2D eigenvalue weighted by Crippen LogP contribution is -2.27. The lowest BCUT2D eigenvalue weighted by atomic mass is 10.1. The zero-order valence-electron chi connectivity index (χ0n) is 7.13. The van der Waals surface area contributed by atoms with Crippen molar-refractivity contribution in [3.8, 4) is 0 Å². The van der Waals surface area contributed by atoms with Crippen molar-refractivity contribution in [2.75, 3.05) is 0 Å². The summed E-state index contributed by atoms with van der Waals surface area (Å²) < 4.78 is 0. The predicted octanol–water partition coefficient (Wildman–Crippen LogP) is 2.46. The molecule has 64 valence electrons. The van der Waals surface area contributed by atoms with Crippen LogP contribution in [0.2, 0.25) is 0 Å². The van der Waals surface area contributed by atoms with Gasteiger partial charge in [0.15, 0.2) is 0 Å². The number of allylic oxidation sites excluding steroid dienone is 3. The predicted molar refractivity (Wildman–Crippen MR) is 51.9 cm³/mol. The minimum atomic E-state index is -0.0298. The molecule has 0 aromatic rings. The summed E-state index contributed by atoms with van der Waals surface area (Å²) in [6.45, 7) is 3.99. The molecule has 1 nitrogen and oxygen atoms in total. The molecule has 2 N–H and O–H groups in total. The molecule has 2 atom stereocenters. The van der Waals surface area contributed by atoms with E-state index in [0.29, 0.717) is 0 Å². The van der Waals surface area contributed by atoms with Crippen LogP contribution in [0.1, 0.15) is 20.3 Å². The summed E-state index contributed by atoms with van der Waals surface area (Å²) >= 11 is 5.89. The highest BCUT2D eigenvalue weighted by atomic mass is 35.5. The standard InChI is InChI=1S/C9H16ClN/c1-3-5-6-7-9(11)8(10)4-2/h3,5-9H,4,11H2,1-2H3/b5-3-,7-6-. The van der Waals surface area contributed by atoms with E-state index in [4.69, 9.17) is 17.3 Å². The molecule has 0 radical (unpaired) electrons. The molecule has 0 bridgehead atoms. The quantitative estimate of drug-likeness (QED) is 0.513. The molecule has 0 aromatic heterocycles. The second-order valence-electron chi connectivity index (χ2n) is 2.41. The Morgan fingerprint density at radius 3 is 2.55 bits per heavy atom. The molecule has 2 heteroatoms. The van der Waals surface area contributed by atoms with E-state index in [1.807, 2.05) is 38.2 Å². The van der Waals surface area contributed by atoms with Crippen molar-refractivity contribution in [2.45, 2.75) is 31.7 Å². The SMILES string of the molecule is C/C=C\C=C/C(N)C(Cl)CC. The first-order valence-corrected chi connectivity index (χ1v) is 4.35. The van der Waals surface area contributed by atoms with Gasteiger partial charge in [-0.2, -0.15) is 0 Å². The summed E-state index contributed by atoms with van der Waals surface area (Å²) in [7, 11) is 0. The Labute approximate surface area is 73.9 Å². The largest absolute Gasteiger partial charge is 0.323 e. The van der Waals surface area contributed by atoms with Gasteiger partial charge >= 0.3 is 0 Å². The number of nitrogens with two attached hydrogens (primary N) is 1. The summed E-state index contributed by atoms with van der Waals surface area (Å²) in [4.78, 5) is 0. The highest BCUT2D eigenvalue weighted by molar-refractivity contribution is 6.21. The topological polar surface area (TPSA) is 26.0 Å².